The zero-order valence-corrected chi connectivity index (χ0v) is 9.83. The molecule has 1 aliphatic heterocycles. The van der Waals surface area contributed by atoms with Crippen LogP contribution in [0, 0.1) is 0 Å². The summed E-state index contributed by atoms with van der Waals surface area (Å²) in [4.78, 5) is 0. The molecule has 0 aromatic carbocycles. The molecule has 90 valence electrons. The van der Waals surface area contributed by atoms with Crippen molar-refractivity contribution >= 4 is 0 Å². The van der Waals surface area contributed by atoms with Crippen molar-refractivity contribution in [3.63, 3.8) is 0 Å². The number of nitrogens with one attached hydrogen (secondary N) is 1. The zero-order chi connectivity index (χ0) is 10.9. The van der Waals surface area contributed by atoms with Gasteiger partial charge in [0.1, 0.15) is 0 Å². The maximum atomic E-state index is 5.54. The Labute approximate surface area is 92.3 Å². The Kier molecular flexibility index (Phi) is 6.92. The molecule has 15 heavy (non-hydrogen) atoms. The van der Waals surface area contributed by atoms with E-state index in [2.05, 4.69) is 5.32 Å². The summed E-state index contributed by atoms with van der Waals surface area (Å²) in [5.41, 5.74) is 0. The SMILES string of the molecule is COCCNCCCCC1COC(C)O1. The van der Waals surface area contributed by atoms with Crippen molar-refractivity contribution in [2.75, 3.05) is 33.4 Å². The second kappa shape index (κ2) is 8.05. The number of unbranched alkanes of at least 4 members (excludes halogenated alkanes) is 1. The molecular formula is C11H23NO3. The molecule has 4 nitrogen and oxygen atoms in total. The van der Waals surface area contributed by atoms with E-state index in [-0.39, 0.29) is 6.29 Å². The molecule has 1 fully saturated rings. The van der Waals surface area contributed by atoms with Gasteiger partial charge in [-0.1, -0.05) is 0 Å². The molecule has 0 spiro atoms. The van der Waals surface area contributed by atoms with Gasteiger partial charge in [0.15, 0.2) is 6.29 Å². The van der Waals surface area contributed by atoms with Gasteiger partial charge in [0.05, 0.1) is 19.3 Å². The minimum Gasteiger partial charge on any atom is -0.383 e. The minimum absolute atomic E-state index is 0.00479. The summed E-state index contributed by atoms with van der Waals surface area (Å²) < 4.78 is 15.8. The quantitative estimate of drug-likeness (QED) is 0.619. The second-order valence-electron chi connectivity index (χ2n) is 3.90. The van der Waals surface area contributed by atoms with E-state index in [4.69, 9.17) is 14.2 Å². The molecule has 1 saturated heterocycles. The van der Waals surface area contributed by atoms with Gasteiger partial charge >= 0.3 is 0 Å². The van der Waals surface area contributed by atoms with Gasteiger partial charge in [0.25, 0.3) is 0 Å². The molecule has 0 saturated carbocycles. The highest BCUT2D eigenvalue weighted by atomic mass is 16.7. The first kappa shape index (κ1) is 12.9. The van der Waals surface area contributed by atoms with Gasteiger partial charge < -0.3 is 19.5 Å². The van der Waals surface area contributed by atoms with Crippen molar-refractivity contribution in [2.45, 2.75) is 38.6 Å². The first-order chi connectivity index (χ1) is 7.33. The summed E-state index contributed by atoms with van der Waals surface area (Å²) in [6.45, 7) is 5.50. The first-order valence-corrected chi connectivity index (χ1v) is 5.79. The molecule has 1 rings (SSSR count). The van der Waals surface area contributed by atoms with Crippen molar-refractivity contribution in [3.05, 3.63) is 0 Å². The van der Waals surface area contributed by atoms with E-state index in [0.29, 0.717) is 6.10 Å². The fourth-order valence-electron chi connectivity index (χ4n) is 1.67. The summed E-state index contributed by atoms with van der Waals surface area (Å²) in [5.74, 6) is 0. The number of hydrogen-bond donors (Lipinski definition) is 1. The molecular weight excluding hydrogens is 194 g/mol. The van der Waals surface area contributed by atoms with Gasteiger partial charge in [-0.15, -0.1) is 0 Å². The molecule has 0 amide bonds. The van der Waals surface area contributed by atoms with Crippen LogP contribution in [0.2, 0.25) is 0 Å². The van der Waals surface area contributed by atoms with Gasteiger partial charge in [0, 0.05) is 13.7 Å². The molecule has 1 N–H and O–H groups in total. The molecule has 0 aliphatic carbocycles. The zero-order valence-electron chi connectivity index (χ0n) is 9.83. The Morgan fingerprint density at radius 1 is 1.33 bits per heavy atom. The van der Waals surface area contributed by atoms with E-state index in [0.717, 1.165) is 32.7 Å². The molecule has 1 aliphatic rings. The van der Waals surface area contributed by atoms with Gasteiger partial charge in [-0.25, -0.2) is 0 Å². The predicted molar refractivity (Wildman–Crippen MR) is 58.9 cm³/mol. The Bertz CT molecular complexity index is 155. The topological polar surface area (TPSA) is 39.7 Å². The summed E-state index contributed by atoms with van der Waals surface area (Å²) in [7, 11) is 1.72. The van der Waals surface area contributed by atoms with Crippen molar-refractivity contribution in [1.29, 1.82) is 0 Å². The molecule has 4 heteroatoms. The average Bonchev–Trinajstić information content (AvgIpc) is 2.63. The molecule has 0 aromatic rings. The van der Waals surface area contributed by atoms with E-state index >= 15 is 0 Å². The van der Waals surface area contributed by atoms with Crippen LogP contribution in [-0.4, -0.2) is 45.8 Å². The number of methoxy groups -OCH3 is 1. The highest BCUT2D eigenvalue weighted by Crippen LogP contribution is 2.15. The smallest absolute Gasteiger partial charge is 0.155 e. The molecule has 1 heterocycles. The van der Waals surface area contributed by atoms with E-state index in [1.165, 1.54) is 12.8 Å². The van der Waals surface area contributed by atoms with Crippen LogP contribution in [0.15, 0.2) is 0 Å². The lowest BCUT2D eigenvalue weighted by atomic mass is 10.1. The van der Waals surface area contributed by atoms with Crippen molar-refractivity contribution in [2.24, 2.45) is 0 Å². The fraction of sp³-hybridized carbons (Fsp3) is 1.00. The monoisotopic (exact) mass is 217 g/mol. The van der Waals surface area contributed by atoms with Crippen LogP contribution in [-0.2, 0) is 14.2 Å². The lowest BCUT2D eigenvalue weighted by molar-refractivity contribution is -0.0434. The summed E-state index contributed by atoms with van der Waals surface area (Å²) in [5, 5.41) is 3.32. The van der Waals surface area contributed by atoms with E-state index in [1.807, 2.05) is 6.92 Å². The Morgan fingerprint density at radius 2 is 2.20 bits per heavy atom. The standard InChI is InChI=1S/C11H23NO3/c1-10-14-9-11(15-10)5-3-4-6-12-7-8-13-2/h10-12H,3-9H2,1-2H3. The summed E-state index contributed by atoms with van der Waals surface area (Å²) >= 11 is 0. The predicted octanol–water partition coefficient (Wildman–Crippen LogP) is 1.15. The number of rotatable bonds is 8. The van der Waals surface area contributed by atoms with Gasteiger partial charge in [0.2, 0.25) is 0 Å². The van der Waals surface area contributed by atoms with E-state index in [1.54, 1.807) is 7.11 Å². The Hall–Kier alpha value is -0.160. The van der Waals surface area contributed by atoms with Gasteiger partial charge in [-0.2, -0.15) is 0 Å². The van der Waals surface area contributed by atoms with Crippen LogP contribution in [0.5, 0.6) is 0 Å². The van der Waals surface area contributed by atoms with Crippen LogP contribution in [0.1, 0.15) is 26.2 Å². The average molecular weight is 217 g/mol. The van der Waals surface area contributed by atoms with Crippen LogP contribution in [0.4, 0.5) is 0 Å². The van der Waals surface area contributed by atoms with Crippen LogP contribution in [0.3, 0.4) is 0 Å². The highest BCUT2D eigenvalue weighted by molar-refractivity contribution is 4.63. The lowest BCUT2D eigenvalue weighted by Gasteiger charge is -2.08. The maximum Gasteiger partial charge on any atom is 0.155 e. The van der Waals surface area contributed by atoms with Crippen LogP contribution in [0.25, 0.3) is 0 Å². The van der Waals surface area contributed by atoms with Crippen LogP contribution >= 0.6 is 0 Å². The van der Waals surface area contributed by atoms with Crippen molar-refractivity contribution in [3.8, 4) is 0 Å². The third kappa shape index (κ3) is 6.10. The highest BCUT2D eigenvalue weighted by Gasteiger charge is 2.21. The Balaban J connectivity index is 1.81. The third-order valence-corrected chi connectivity index (χ3v) is 2.51. The molecule has 2 unspecified atom stereocenters. The van der Waals surface area contributed by atoms with Gasteiger partial charge in [-0.3, -0.25) is 0 Å². The fourth-order valence-corrected chi connectivity index (χ4v) is 1.67. The number of hydrogen-bond acceptors (Lipinski definition) is 4. The van der Waals surface area contributed by atoms with Crippen LogP contribution < -0.4 is 5.32 Å². The van der Waals surface area contributed by atoms with E-state index in [9.17, 15) is 0 Å². The molecule has 0 aromatic heterocycles. The normalized spacial score (nSPS) is 26.0. The molecule has 0 bridgehead atoms. The Morgan fingerprint density at radius 3 is 2.87 bits per heavy atom. The molecule has 2 atom stereocenters. The third-order valence-electron chi connectivity index (χ3n) is 2.51. The maximum absolute atomic E-state index is 5.54. The largest absolute Gasteiger partial charge is 0.383 e. The van der Waals surface area contributed by atoms with Gasteiger partial charge in [-0.05, 0) is 32.7 Å². The lowest BCUT2D eigenvalue weighted by Crippen LogP contribution is -2.20. The summed E-state index contributed by atoms with van der Waals surface area (Å²) in [6.07, 6.45) is 3.81. The van der Waals surface area contributed by atoms with Crippen molar-refractivity contribution in [1.82, 2.24) is 5.32 Å². The summed E-state index contributed by atoms with van der Waals surface area (Å²) in [6, 6.07) is 0. The first-order valence-electron chi connectivity index (χ1n) is 5.79. The van der Waals surface area contributed by atoms with Crippen molar-refractivity contribution < 1.29 is 14.2 Å². The minimum atomic E-state index is -0.00479. The number of ether oxygens (including phenoxy) is 3. The molecule has 0 radical (unpaired) electrons. The van der Waals surface area contributed by atoms with E-state index < -0.39 is 0 Å². The second-order valence-corrected chi connectivity index (χ2v) is 3.90.